The summed E-state index contributed by atoms with van der Waals surface area (Å²) in [6, 6.07) is 10.3. The Balaban J connectivity index is 1.58. The first kappa shape index (κ1) is 21.6. The Labute approximate surface area is 193 Å². The maximum atomic E-state index is 5.32. The molecule has 0 bridgehead atoms. The zero-order chi connectivity index (χ0) is 22.9. The summed E-state index contributed by atoms with van der Waals surface area (Å²) in [7, 11) is 3.44. The van der Waals surface area contributed by atoms with Crippen molar-refractivity contribution in [1.29, 1.82) is 0 Å². The van der Waals surface area contributed by atoms with E-state index in [0.29, 0.717) is 23.9 Å². The number of rotatable bonds is 8. The number of benzene rings is 1. The molecule has 0 amide bonds. The highest BCUT2D eigenvalue weighted by atomic mass is 16.5. The Bertz CT molecular complexity index is 1260. The highest BCUT2D eigenvalue weighted by molar-refractivity contribution is 5.93. The standard InChI is InChI=1S/C25H30N6O2/c1-16(2)9-23-27-28-25-24-21(11-19(12-26-24)30-13-18(14-30)15-32-3)22(29-31(23)25)10-17-5-7-20(33-4)8-6-17/h5-8,11-12,16,18H,9-10,13-15H2,1-4H3. The summed E-state index contributed by atoms with van der Waals surface area (Å²) in [6.07, 6.45) is 3.45. The average molecular weight is 447 g/mol. The van der Waals surface area contributed by atoms with Gasteiger partial charge >= 0.3 is 0 Å². The zero-order valence-electron chi connectivity index (χ0n) is 19.7. The van der Waals surface area contributed by atoms with Crippen LogP contribution < -0.4 is 9.64 Å². The normalized spacial score (nSPS) is 14.4. The molecular weight excluding hydrogens is 416 g/mol. The third-order valence-corrected chi connectivity index (χ3v) is 6.17. The van der Waals surface area contributed by atoms with Crippen LogP contribution in [0.25, 0.3) is 16.6 Å². The highest BCUT2D eigenvalue weighted by Gasteiger charge is 2.27. The quantitative estimate of drug-likeness (QED) is 0.410. The van der Waals surface area contributed by atoms with Gasteiger partial charge in [-0.25, -0.2) is 4.98 Å². The van der Waals surface area contributed by atoms with Gasteiger partial charge in [-0.3, -0.25) is 0 Å². The second-order valence-corrected chi connectivity index (χ2v) is 9.24. The molecule has 1 saturated heterocycles. The molecule has 1 aliphatic heterocycles. The molecule has 172 valence electrons. The molecule has 0 aliphatic carbocycles. The van der Waals surface area contributed by atoms with E-state index in [4.69, 9.17) is 19.6 Å². The van der Waals surface area contributed by atoms with Crippen LogP contribution in [-0.4, -0.2) is 58.7 Å². The zero-order valence-corrected chi connectivity index (χ0v) is 19.7. The minimum atomic E-state index is 0.460. The fourth-order valence-corrected chi connectivity index (χ4v) is 4.45. The van der Waals surface area contributed by atoms with Gasteiger partial charge in [-0.2, -0.15) is 9.61 Å². The lowest BCUT2D eigenvalue weighted by Gasteiger charge is -2.40. The van der Waals surface area contributed by atoms with E-state index in [-0.39, 0.29) is 0 Å². The highest BCUT2D eigenvalue weighted by Crippen LogP contribution is 2.30. The molecule has 0 unspecified atom stereocenters. The number of hydrogen-bond acceptors (Lipinski definition) is 7. The van der Waals surface area contributed by atoms with Gasteiger partial charge in [-0.15, -0.1) is 10.2 Å². The average Bonchev–Trinajstić information content (AvgIpc) is 3.18. The van der Waals surface area contributed by atoms with Crippen LogP contribution in [0.4, 0.5) is 5.69 Å². The van der Waals surface area contributed by atoms with Crippen LogP contribution in [0.3, 0.4) is 0 Å². The third kappa shape index (κ3) is 4.23. The maximum Gasteiger partial charge on any atom is 0.204 e. The van der Waals surface area contributed by atoms with E-state index in [2.05, 4.69) is 47.1 Å². The van der Waals surface area contributed by atoms with E-state index in [9.17, 15) is 0 Å². The SMILES string of the molecule is COCC1CN(c2cnc3c(c2)c(Cc2ccc(OC)cc2)nn2c(CC(C)C)nnc32)C1. The summed E-state index contributed by atoms with van der Waals surface area (Å²) in [6.45, 7) is 7.10. The van der Waals surface area contributed by atoms with Crippen LogP contribution in [0.1, 0.15) is 30.9 Å². The Hall–Kier alpha value is -3.26. The van der Waals surface area contributed by atoms with Gasteiger partial charge in [0.1, 0.15) is 11.3 Å². The number of hydrogen-bond donors (Lipinski definition) is 0. The molecule has 8 heteroatoms. The number of pyridine rings is 1. The van der Waals surface area contributed by atoms with Gasteiger partial charge in [0, 0.05) is 44.3 Å². The molecule has 3 aromatic heterocycles. The van der Waals surface area contributed by atoms with Crippen LogP contribution in [-0.2, 0) is 17.6 Å². The van der Waals surface area contributed by atoms with Crippen LogP contribution in [0, 0.1) is 11.8 Å². The molecule has 0 radical (unpaired) electrons. The number of fused-ring (bicyclic) bond motifs is 3. The van der Waals surface area contributed by atoms with Crippen molar-refractivity contribution in [2.45, 2.75) is 26.7 Å². The van der Waals surface area contributed by atoms with E-state index in [1.54, 1.807) is 14.2 Å². The fraction of sp³-hybridized carbons (Fsp3) is 0.440. The Kier molecular flexibility index (Phi) is 5.85. The topological polar surface area (TPSA) is 77.7 Å². The number of aromatic nitrogens is 5. The van der Waals surface area contributed by atoms with E-state index >= 15 is 0 Å². The van der Waals surface area contributed by atoms with Crippen LogP contribution in [0.15, 0.2) is 36.5 Å². The number of anilines is 1. The first-order valence-corrected chi connectivity index (χ1v) is 11.5. The summed E-state index contributed by atoms with van der Waals surface area (Å²) < 4.78 is 12.5. The lowest BCUT2D eigenvalue weighted by atomic mass is 10.00. The molecule has 33 heavy (non-hydrogen) atoms. The van der Waals surface area contributed by atoms with Crippen LogP contribution in [0.5, 0.6) is 5.75 Å². The smallest absolute Gasteiger partial charge is 0.204 e. The van der Waals surface area contributed by atoms with Gasteiger partial charge in [0.2, 0.25) is 5.65 Å². The second-order valence-electron chi connectivity index (χ2n) is 9.24. The van der Waals surface area contributed by atoms with Crippen molar-refractivity contribution in [2.24, 2.45) is 11.8 Å². The van der Waals surface area contributed by atoms with Crippen molar-refractivity contribution >= 4 is 22.2 Å². The number of methoxy groups -OCH3 is 2. The molecule has 5 rings (SSSR count). The summed E-state index contributed by atoms with van der Waals surface area (Å²) in [4.78, 5) is 7.19. The van der Waals surface area contributed by atoms with Crippen molar-refractivity contribution in [2.75, 3.05) is 38.8 Å². The molecule has 0 atom stereocenters. The van der Waals surface area contributed by atoms with Crippen molar-refractivity contribution in [3.63, 3.8) is 0 Å². The van der Waals surface area contributed by atoms with Crippen molar-refractivity contribution in [1.82, 2.24) is 24.8 Å². The molecule has 0 N–H and O–H groups in total. The van der Waals surface area contributed by atoms with Gasteiger partial charge in [-0.05, 0) is 29.7 Å². The lowest BCUT2D eigenvalue weighted by Crippen LogP contribution is -2.48. The van der Waals surface area contributed by atoms with E-state index in [1.807, 2.05) is 22.8 Å². The minimum Gasteiger partial charge on any atom is -0.497 e. The number of ether oxygens (including phenoxy) is 2. The summed E-state index contributed by atoms with van der Waals surface area (Å²) in [5.74, 6) is 2.74. The molecule has 4 aromatic rings. The summed E-state index contributed by atoms with van der Waals surface area (Å²) in [5.41, 5.74) is 4.80. The van der Waals surface area contributed by atoms with Gasteiger partial charge < -0.3 is 14.4 Å². The van der Waals surface area contributed by atoms with Gasteiger partial charge in [-0.1, -0.05) is 26.0 Å². The minimum absolute atomic E-state index is 0.460. The lowest BCUT2D eigenvalue weighted by molar-refractivity contribution is 0.137. The van der Waals surface area contributed by atoms with E-state index in [1.165, 1.54) is 0 Å². The van der Waals surface area contributed by atoms with Crippen LogP contribution >= 0.6 is 0 Å². The van der Waals surface area contributed by atoms with E-state index in [0.717, 1.165) is 65.5 Å². The van der Waals surface area contributed by atoms with Gasteiger partial charge in [0.15, 0.2) is 5.82 Å². The Morgan fingerprint density at radius 2 is 1.88 bits per heavy atom. The van der Waals surface area contributed by atoms with Crippen molar-refractivity contribution in [3.05, 3.63) is 53.6 Å². The molecule has 1 aliphatic rings. The van der Waals surface area contributed by atoms with Gasteiger partial charge in [0.25, 0.3) is 0 Å². The van der Waals surface area contributed by atoms with Crippen molar-refractivity contribution in [3.8, 4) is 5.75 Å². The van der Waals surface area contributed by atoms with Gasteiger partial charge in [0.05, 0.1) is 31.3 Å². The molecule has 0 saturated carbocycles. The van der Waals surface area contributed by atoms with E-state index < -0.39 is 0 Å². The Morgan fingerprint density at radius 3 is 2.58 bits per heavy atom. The predicted molar refractivity (Wildman–Crippen MR) is 128 cm³/mol. The molecule has 8 nitrogen and oxygen atoms in total. The molecule has 1 fully saturated rings. The summed E-state index contributed by atoms with van der Waals surface area (Å²) in [5, 5.41) is 14.9. The van der Waals surface area contributed by atoms with Crippen molar-refractivity contribution < 1.29 is 9.47 Å². The molecule has 4 heterocycles. The monoisotopic (exact) mass is 446 g/mol. The molecule has 0 spiro atoms. The summed E-state index contributed by atoms with van der Waals surface area (Å²) >= 11 is 0. The first-order chi connectivity index (χ1) is 16.1. The fourth-order valence-electron chi connectivity index (χ4n) is 4.45. The first-order valence-electron chi connectivity index (χ1n) is 11.5. The predicted octanol–water partition coefficient (Wildman–Crippen LogP) is 3.55. The second kappa shape index (κ2) is 8.94. The maximum absolute atomic E-state index is 5.32. The third-order valence-electron chi connectivity index (χ3n) is 6.17. The Morgan fingerprint density at radius 1 is 1.09 bits per heavy atom. The molecule has 1 aromatic carbocycles. The largest absolute Gasteiger partial charge is 0.497 e. The number of nitrogens with zero attached hydrogens (tertiary/aromatic N) is 6. The molecular formula is C25H30N6O2. The van der Waals surface area contributed by atoms with Crippen LogP contribution in [0.2, 0.25) is 0 Å².